The van der Waals surface area contributed by atoms with Gasteiger partial charge in [-0.2, -0.15) is 0 Å². The molecular formula is C18H18BCl2N. The quantitative estimate of drug-likeness (QED) is 0.578. The van der Waals surface area contributed by atoms with Gasteiger partial charge in [0, 0.05) is 10.9 Å². The lowest BCUT2D eigenvalue weighted by atomic mass is 9.49. The maximum atomic E-state index is 7.06. The van der Waals surface area contributed by atoms with Crippen LogP contribution in [-0.2, 0) is 0 Å². The minimum Gasteiger partial charge on any atom is -0.391 e. The first-order valence-electron chi connectivity index (χ1n) is 7.66. The molecule has 0 saturated carbocycles. The molecular weight excluding hydrogens is 312 g/mol. The molecule has 4 heteroatoms. The molecule has 2 heterocycles. The minimum atomic E-state index is -1.83. The summed E-state index contributed by atoms with van der Waals surface area (Å²) in [5, 5.41) is -1.01. The summed E-state index contributed by atoms with van der Waals surface area (Å²) in [6.45, 7) is 8.73. The third-order valence-corrected chi connectivity index (χ3v) is 7.25. The van der Waals surface area contributed by atoms with E-state index in [1.165, 1.54) is 33.2 Å². The number of benzene rings is 1. The molecule has 4 rings (SSSR count). The molecule has 0 fully saturated rings. The van der Waals surface area contributed by atoms with Gasteiger partial charge < -0.3 is 4.48 Å². The molecule has 0 amide bonds. The van der Waals surface area contributed by atoms with Crippen LogP contribution in [0.1, 0.15) is 33.3 Å². The summed E-state index contributed by atoms with van der Waals surface area (Å²) < 4.78 is 2.09. The molecule has 1 nitrogen and oxygen atoms in total. The lowest BCUT2D eigenvalue weighted by Crippen LogP contribution is -2.65. The van der Waals surface area contributed by atoms with Crippen LogP contribution in [0.15, 0.2) is 53.2 Å². The van der Waals surface area contributed by atoms with E-state index in [9.17, 15) is 0 Å². The summed E-state index contributed by atoms with van der Waals surface area (Å²) in [5.74, 6) is 0. The van der Waals surface area contributed by atoms with Crippen LogP contribution in [-0.4, -0.2) is 5.11 Å². The molecule has 2 aromatic rings. The molecule has 2 aliphatic rings. The number of hydrogen-bond acceptors (Lipinski definition) is 0. The third kappa shape index (κ3) is 1.37. The second kappa shape index (κ2) is 4.18. The lowest BCUT2D eigenvalue weighted by molar-refractivity contribution is -0.511. The molecule has 22 heavy (non-hydrogen) atoms. The highest BCUT2D eigenvalue weighted by molar-refractivity contribution is 7.43. The first kappa shape index (κ1) is 14.4. The van der Waals surface area contributed by atoms with Gasteiger partial charge in [-0.3, -0.25) is 22.9 Å². The molecule has 0 saturated heterocycles. The van der Waals surface area contributed by atoms with Gasteiger partial charge in [-0.05, 0) is 61.5 Å². The predicted molar refractivity (Wildman–Crippen MR) is 96.3 cm³/mol. The zero-order valence-electron chi connectivity index (χ0n) is 13.2. The number of hydrogen-bond donors (Lipinski definition) is 0. The molecule has 0 bridgehead atoms. The van der Waals surface area contributed by atoms with E-state index >= 15 is 0 Å². The van der Waals surface area contributed by atoms with Crippen molar-refractivity contribution in [3.8, 4) is 0 Å². The van der Waals surface area contributed by atoms with E-state index in [0.29, 0.717) is 0 Å². The Kier molecular flexibility index (Phi) is 2.73. The Labute approximate surface area is 141 Å². The number of allylic oxidation sites excluding steroid dienone is 4. The monoisotopic (exact) mass is 329 g/mol. The van der Waals surface area contributed by atoms with E-state index in [-0.39, 0.29) is 5.31 Å². The van der Waals surface area contributed by atoms with E-state index in [4.69, 9.17) is 22.9 Å². The van der Waals surface area contributed by atoms with Gasteiger partial charge in [-0.25, -0.2) is 0 Å². The fraction of sp³-hybridized carbons (Fsp3) is 0.278. The lowest BCUT2D eigenvalue weighted by Gasteiger charge is -2.46. The Hall–Kier alpha value is -1.25. The van der Waals surface area contributed by atoms with Crippen molar-refractivity contribution in [2.45, 2.75) is 33.0 Å². The van der Waals surface area contributed by atoms with Crippen LogP contribution in [0.5, 0.6) is 0 Å². The molecule has 0 spiro atoms. The van der Waals surface area contributed by atoms with E-state index in [1.54, 1.807) is 0 Å². The minimum absolute atomic E-state index is 0.357. The summed E-state index contributed by atoms with van der Waals surface area (Å²) in [4.78, 5) is 0. The van der Waals surface area contributed by atoms with Gasteiger partial charge in [-0.1, -0.05) is 24.1 Å². The molecule has 0 radical (unpaired) electrons. The standard InChI is InChI=1S/C18H18BCl2N/c1-11-12(2)16-15-9-5-7-14-8-6-10-22(17(14)15)19(20,21)18(16,4)13(11)3/h5-10H,1-4H3/t18-/m1/s1. The highest BCUT2D eigenvalue weighted by Gasteiger charge is 2.60. The maximum absolute atomic E-state index is 7.06. The Morgan fingerprint density at radius 2 is 1.68 bits per heavy atom. The summed E-state index contributed by atoms with van der Waals surface area (Å²) in [5.41, 5.74) is 7.61. The highest BCUT2D eigenvalue weighted by Crippen LogP contribution is 2.65. The summed E-state index contributed by atoms with van der Waals surface area (Å²) in [6.07, 6.45) is 2.02. The second-order valence-electron chi connectivity index (χ2n) is 6.74. The van der Waals surface area contributed by atoms with Gasteiger partial charge in [0.2, 0.25) is 0 Å². The van der Waals surface area contributed by atoms with Crippen LogP contribution < -0.4 is 4.48 Å². The largest absolute Gasteiger partial charge is 0.460 e. The molecule has 1 aromatic carbocycles. The second-order valence-corrected chi connectivity index (χ2v) is 8.22. The molecule has 1 aliphatic carbocycles. The first-order valence-corrected chi connectivity index (χ1v) is 8.54. The molecule has 1 atom stereocenters. The van der Waals surface area contributed by atoms with Crippen molar-refractivity contribution in [3.63, 3.8) is 0 Å². The van der Waals surface area contributed by atoms with Crippen LogP contribution >= 0.6 is 22.9 Å². The van der Waals surface area contributed by atoms with E-state index in [2.05, 4.69) is 56.4 Å². The van der Waals surface area contributed by atoms with Crippen molar-refractivity contribution in [1.29, 1.82) is 0 Å². The smallest absolute Gasteiger partial charge is 0.391 e. The van der Waals surface area contributed by atoms with Crippen molar-refractivity contribution >= 4 is 44.5 Å². The van der Waals surface area contributed by atoms with Crippen LogP contribution in [0.2, 0.25) is 5.31 Å². The molecule has 112 valence electrons. The first-order chi connectivity index (χ1) is 10.3. The number of para-hydroxylation sites is 1. The highest BCUT2D eigenvalue weighted by atomic mass is 35.5. The number of fused-ring (bicyclic) bond motifs is 2. The van der Waals surface area contributed by atoms with Crippen LogP contribution in [0.25, 0.3) is 16.5 Å². The Morgan fingerprint density at radius 3 is 2.41 bits per heavy atom. The summed E-state index contributed by atoms with van der Waals surface area (Å²) in [7, 11) is 0. The van der Waals surface area contributed by atoms with Crippen LogP contribution in [0, 0.1) is 0 Å². The average molecular weight is 330 g/mol. The SMILES string of the molecule is CC1=C(C)[C@]2(C)C(=C1C)c1cccc3ccc[n+](c13)[B-]2(Cl)Cl. The predicted octanol–water partition coefficient (Wildman–Crippen LogP) is 5.29. The maximum Gasteiger partial charge on any atom is 0.460 e. The zero-order chi connectivity index (χ0) is 15.9. The van der Waals surface area contributed by atoms with Crippen LogP contribution in [0.4, 0.5) is 0 Å². The van der Waals surface area contributed by atoms with E-state index in [0.717, 1.165) is 5.52 Å². The molecule has 0 N–H and O–H groups in total. The van der Waals surface area contributed by atoms with Gasteiger partial charge >= 0.3 is 5.11 Å². The van der Waals surface area contributed by atoms with Gasteiger partial charge in [0.15, 0.2) is 5.52 Å². The number of nitrogens with zero attached hydrogens (tertiary/aromatic N) is 1. The number of rotatable bonds is 0. The zero-order valence-corrected chi connectivity index (χ0v) is 14.8. The van der Waals surface area contributed by atoms with Gasteiger partial charge in [-0.15, -0.1) is 0 Å². The van der Waals surface area contributed by atoms with Gasteiger partial charge in [0.1, 0.15) is 6.20 Å². The average Bonchev–Trinajstić information content (AvgIpc) is 2.68. The van der Waals surface area contributed by atoms with Crippen molar-refractivity contribution in [3.05, 3.63) is 58.8 Å². The third-order valence-electron chi connectivity index (χ3n) is 5.96. The molecule has 1 aliphatic heterocycles. The van der Waals surface area contributed by atoms with Crippen molar-refractivity contribution < 1.29 is 4.48 Å². The number of halogens is 2. The Morgan fingerprint density at radius 1 is 1.00 bits per heavy atom. The van der Waals surface area contributed by atoms with Crippen molar-refractivity contribution in [1.82, 2.24) is 0 Å². The summed E-state index contributed by atoms with van der Waals surface area (Å²) in [6, 6.07) is 10.6. The van der Waals surface area contributed by atoms with Crippen LogP contribution in [0.3, 0.4) is 0 Å². The van der Waals surface area contributed by atoms with Crippen molar-refractivity contribution in [2.24, 2.45) is 0 Å². The van der Waals surface area contributed by atoms with Gasteiger partial charge in [0.05, 0.1) is 0 Å². The van der Waals surface area contributed by atoms with Gasteiger partial charge in [0.25, 0.3) is 0 Å². The number of aromatic nitrogens is 1. The van der Waals surface area contributed by atoms with Crippen molar-refractivity contribution in [2.75, 3.05) is 0 Å². The molecule has 0 unspecified atom stereocenters. The van der Waals surface area contributed by atoms with E-state index in [1.807, 2.05) is 12.3 Å². The number of pyridine rings is 1. The fourth-order valence-corrected chi connectivity index (χ4v) is 5.27. The fourth-order valence-electron chi connectivity index (χ4n) is 4.40. The normalized spacial score (nSPS) is 25.9. The summed E-state index contributed by atoms with van der Waals surface area (Å²) >= 11 is 14.1. The Balaban J connectivity index is 2.27. The topological polar surface area (TPSA) is 3.88 Å². The Bertz CT molecular complexity index is 905. The van der Waals surface area contributed by atoms with E-state index < -0.39 is 5.11 Å². The molecule has 1 aromatic heterocycles.